The van der Waals surface area contributed by atoms with Gasteiger partial charge in [-0.15, -0.1) is 0 Å². The van der Waals surface area contributed by atoms with Gasteiger partial charge in [-0.3, -0.25) is 0 Å². The third-order valence-corrected chi connectivity index (χ3v) is 0.368. The van der Waals surface area contributed by atoms with Gasteiger partial charge < -0.3 is 10.2 Å². The summed E-state index contributed by atoms with van der Waals surface area (Å²) in [5.41, 5.74) is 0. The fourth-order valence-corrected chi connectivity index (χ4v) is 0.143. The second kappa shape index (κ2) is 6.60. The zero-order valence-electron chi connectivity index (χ0n) is 3.87. The first kappa shape index (κ1) is 12.2. The van der Waals surface area contributed by atoms with Gasteiger partial charge in [0.2, 0.25) is 0 Å². The fourth-order valence-electron chi connectivity index (χ4n) is 0.143. The van der Waals surface area contributed by atoms with E-state index in [4.69, 9.17) is 10.2 Å². The number of carboxylic acid groups (broad SMARTS) is 2. The van der Waals surface area contributed by atoms with Crippen molar-refractivity contribution in [1.82, 2.24) is 0 Å². The predicted molar refractivity (Wildman–Crippen MR) is 31.6 cm³/mol. The van der Waals surface area contributed by atoms with Crippen molar-refractivity contribution in [3.8, 4) is 0 Å². The van der Waals surface area contributed by atoms with Gasteiger partial charge >= 0.3 is 70.1 Å². The van der Waals surface area contributed by atoms with Crippen molar-refractivity contribution in [2.75, 3.05) is 0 Å². The van der Waals surface area contributed by atoms with Crippen molar-refractivity contribution in [1.29, 1.82) is 0 Å². The molecule has 0 amide bonds. The Bertz CT molecular complexity index is 124. The molecule has 0 radical (unpaired) electrons. The van der Waals surface area contributed by atoms with Gasteiger partial charge in [0.1, 0.15) is 0 Å². The minimum absolute atomic E-state index is 0. The molecule has 0 saturated carbocycles. The summed E-state index contributed by atoms with van der Waals surface area (Å²) < 4.78 is 0. The Morgan fingerprint density at radius 1 is 1.00 bits per heavy atom. The summed E-state index contributed by atoms with van der Waals surface area (Å²) in [6.07, 6.45) is 1.12. The SMILES string of the molecule is O=C(O)/C=C/C(=O)O.[RbH]. The van der Waals surface area contributed by atoms with E-state index >= 15 is 0 Å². The van der Waals surface area contributed by atoms with Crippen molar-refractivity contribution in [2.45, 2.75) is 0 Å². The quantitative estimate of drug-likeness (QED) is 0.567. The Labute approximate surface area is 100 Å². The van der Waals surface area contributed by atoms with Crippen molar-refractivity contribution in [3.63, 3.8) is 0 Å². The molecule has 0 atom stereocenters. The first-order valence-corrected chi connectivity index (χ1v) is 1.77. The molecule has 4 nitrogen and oxygen atoms in total. The molecule has 0 fully saturated rings. The molecule has 9 heavy (non-hydrogen) atoms. The van der Waals surface area contributed by atoms with Crippen molar-refractivity contribution < 1.29 is 19.8 Å². The van der Waals surface area contributed by atoms with Crippen LogP contribution in [0, 0.1) is 0 Å². The van der Waals surface area contributed by atoms with Gasteiger partial charge in [0.25, 0.3) is 0 Å². The number of hydrogen-bond acceptors (Lipinski definition) is 2. The zero-order chi connectivity index (χ0) is 6.57. The molecule has 0 aliphatic carbocycles. The van der Waals surface area contributed by atoms with E-state index in [0.29, 0.717) is 12.2 Å². The Morgan fingerprint density at radius 3 is 1.33 bits per heavy atom. The van der Waals surface area contributed by atoms with Gasteiger partial charge in [-0.2, -0.15) is 0 Å². The average molecular weight is 203 g/mol. The number of carboxylic acids is 2. The predicted octanol–water partition coefficient (Wildman–Crippen LogP) is -0.937. The third-order valence-electron chi connectivity index (χ3n) is 0.368. The van der Waals surface area contributed by atoms with E-state index in [2.05, 4.69) is 0 Å². The van der Waals surface area contributed by atoms with E-state index in [9.17, 15) is 9.59 Å². The summed E-state index contributed by atoms with van der Waals surface area (Å²) >= 11 is 0. The van der Waals surface area contributed by atoms with E-state index in [-0.39, 0.29) is 58.2 Å². The maximum absolute atomic E-state index is 9.55. The number of hydrogen-bond donors (Lipinski definition) is 2. The maximum atomic E-state index is 9.55. The summed E-state index contributed by atoms with van der Waals surface area (Å²) in [6.45, 7) is 0. The number of aliphatic carboxylic acids is 2. The second-order valence-corrected chi connectivity index (χ2v) is 1.01. The minimum atomic E-state index is -1.26. The van der Waals surface area contributed by atoms with Crippen LogP contribution < -0.4 is 0 Å². The molecule has 0 aromatic heterocycles. The van der Waals surface area contributed by atoms with Crippen molar-refractivity contribution in [3.05, 3.63) is 12.2 Å². The van der Waals surface area contributed by atoms with Crippen LogP contribution in [0.1, 0.15) is 0 Å². The van der Waals surface area contributed by atoms with Gasteiger partial charge in [0, 0.05) is 12.2 Å². The Hall–Kier alpha value is 0.485. The Morgan fingerprint density at radius 2 is 1.22 bits per heavy atom. The van der Waals surface area contributed by atoms with Crippen LogP contribution in [-0.2, 0) is 9.59 Å². The molecule has 0 saturated heterocycles. The topological polar surface area (TPSA) is 74.6 Å². The second-order valence-electron chi connectivity index (χ2n) is 1.01. The molecule has 0 bridgehead atoms. The van der Waals surface area contributed by atoms with Gasteiger partial charge in [0.05, 0.1) is 0 Å². The summed E-state index contributed by atoms with van der Waals surface area (Å²) in [4.78, 5) is 19.1. The summed E-state index contributed by atoms with van der Waals surface area (Å²) in [5, 5.41) is 15.6. The van der Waals surface area contributed by atoms with Crippen LogP contribution in [0.15, 0.2) is 12.2 Å². The van der Waals surface area contributed by atoms with Crippen LogP contribution >= 0.6 is 0 Å². The number of rotatable bonds is 2. The summed E-state index contributed by atoms with van der Waals surface area (Å²) in [5.74, 6) is -2.51. The van der Waals surface area contributed by atoms with Crippen LogP contribution in [0.3, 0.4) is 0 Å². The van der Waals surface area contributed by atoms with Crippen LogP contribution in [0.25, 0.3) is 0 Å². The average Bonchev–Trinajstić information content (AvgIpc) is 1.61. The van der Waals surface area contributed by atoms with Gasteiger partial charge in [-0.25, -0.2) is 9.59 Å². The first-order chi connectivity index (χ1) is 3.63. The Kier molecular flexibility index (Phi) is 8.94. The molecule has 0 aromatic carbocycles. The van der Waals surface area contributed by atoms with Crippen LogP contribution in [0.4, 0.5) is 0 Å². The van der Waals surface area contributed by atoms with E-state index in [0.717, 1.165) is 0 Å². The summed E-state index contributed by atoms with van der Waals surface area (Å²) in [7, 11) is 0. The first-order valence-electron chi connectivity index (χ1n) is 1.77. The Balaban J connectivity index is 0. The molecule has 0 rings (SSSR count). The van der Waals surface area contributed by atoms with Crippen LogP contribution in [0.2, 0.25) is 0 Å². The normalized spacial score (nSPS) is 8.44. The van der Waals surface area contributed by atoms with Crippen molar-refractivity contribution in [2.24, 2.45) is 0 Å². The van der Waals surface area contributed by atoms with E-state index in [1.807, 2.05) is 0 Å². The van der Waals surface area contributed by atoms with E-state index in [1.54, 1.807) is 0 Å². The zero-order valence-corrected chi connectivity index (χ0v) is 3.87. The molecule has 0 aliphatic rings. The fraction of sp³-hybridized carbons (Fsp3) is 0. The van der Waals surface area contributed by atoms with E-state index in [1.165, 1.54) is 0 Å². The van der Waals surface area contributed by atoms with Gasteiger partial charge in [-0.1, -0.05) is 0 Å². The van der Waals surface area contributed by atoms with Crippen LogP contribution in [0.5, 0.6) is 0 Å². The molecule has 0 spiro atoms. The monoisotopic (exact) mass is 202 g/mol. The molecule has 0 aliphatic heterocycles. The molecule has 0 unspecified atom stereocenters. The molecule has 2 N–H and O–H groups in total. The molecule has 5 heteroatoms. The standard InChI is InChI=1S/C4H4O4.Rb.H/c5-3(6)1-2-4(7)8;;/h1-2H,(H,5,6)(H,7,8);;/b2-1+;;. The van der Waals surface area contributed by atoms with Gasteiger partial charge in [-0.05, 0) is 0 Å². The number of carbonyl (C=O) groups is 2. The molecule has 0 heterocycles. The van der Waals surface area contributed by atoms with Crippen LogP contribution in [-0.4, -0.2) is 80.3 Å². The molecule has 46 valence electrons. The van der Waals surface area contributed by atoms with E-state index < -0.39 is 11.9 Å². The summed E-state index contributed by atoms with van der Waals surface area (Å²) in [6, 6.07) is 0. The molecular weight excluding hydrogens is 198 g/mol. The third kappa shape index (κ3) is 11.9. The van der Waals surface area contributed by atoms with Gasteiger partial charge in [0.15, 0.2) is 0 Å². The molecule has 0 aromatic rings. The molecular formula is C4H5O4Rb. The van der Waals surface area contributed by atoms with Crippen molar-refractivity contribution >= 4 is 70.1 Å².